The standard InChI is InChI=1S/C9H15NO5/c1-5(12)7(4-11)10-3-6(9(14)15)2-8(10)13/h5-7,11-12H,2-4H2,1H3,(H,14,15)/t5-,6?,7-/m1/s1. The van der Waals surface area contributed by atoms with Crippen LogP contribution in [-0.4, -0.2) is 57.4 Å². The zero-order valence-corrected chi connectivity index (χ0v) is 8.46. The topological polar surface area (TPSA) is 98.1 Å². The van der Waals surface area contributed by atoms with Gasteiger partial charge in [-0.2, -0.15) is 0 Å². The molecule has 0 saturated carbocycles. The van der Waals surface area contributed by atoms with E-state index in [-0.39, 0.29) is 25.5 Å². The molecule has 0 aromatic rings. The van der Waals surface area contributed by atoms with Crippen LogP contribution in [0.4, 0.5) is 0 Å². The summed E-state index contributed by atoms with van der Waals surface area (Å²) >= 11 is 0. The van der Waals surface area contributed by atoms with Crippen molar-refractivity contribution in [3.05, 3.63) is 0 Å². The molecular weight excluding hydrogens is 202 g/mol. The molecule has 86 valence electrons. The molecule has 0 radical (unpaired) electrons. The van der Waals surface area contributed by atoms with Crippen LogP contribution in [0.3, 0.4) is 0 Å². The minimum atomic E-state index is -1.02. The number of carboxylic acids is 1. The number of rotatable bonds is 4. The molecule has 0 aliphatic carbocycles. The molecule has 0 aromatic heterocycles. The van der Waals surface area contributed by atoms with Gasteiger partial charge in [0.15, 0.2) is 0 Å². The number of aliphatic hydroxyl groups excluding tert-OH is 2. The van der Waals surface area contributed by atoms with Gasteiger partial charge < -0.3 is 20.2 Å². The number of hydrogen-bond donors (Lipinski definition) is 3. The Kier molecular flexibility index (Phi) is 3.65. The smallest absolute Gasteiger partial charge is 0.308 e. The molecule has 0 spiro atoms. The number of carboxylic acid groups (broad SMARTS) is 1. The molecule has 1 heterocycles. The molecule has 1 fully saturated rings. The highest BCUT2D eigenvalue weighted by Crippen LogP contribution is 2.21. The zero-order valence-electron chi connectivity index (χ0n) is 8.46. The van der Waals surface area contributed by atoms with Crippen molar-refractivity contribution in [1.82, 2.24) is 4.90 Å². The fraction of sp³-hybridized carbons (Fsp3) is 0.778. The van der Waals surface area contributed by atoms with Crippen molar-refractivity contribution >= 4 is 11.9 Å². The summed E-state index contributed by atoms with van der Waals surface area (Å²) in [5.41, 5.74) is 0. The van der Waals surface area contributed by atoms with E-state index in [2.05, 4.69) is 0 Å². The Morgan fingerprint density at radius 3 is 2.60 bits per heavy atom. The van der Waals surface area contributed by atoms with Gasteiger partial charge in [-0.3, -0.25) is 9.59 Å². The van der Waals surface area contributed by atoms with Crippen molar-refractivity contribution in [3.8, 4) is 0 Å². The molecule has 1 aliphatic rings. The van der Waals surface area contributed by atoms with Crippen LogP contribution in [0, 0.1) is 5.92 Å². The second kappa shape index (κ2) is 4.59. The van der Waals surface area contributed by atoms with Crippen molar-refractivity contribution in [2.45, 2.75) is 25.5 Å². The molecule has 1 saturated heterocycles. The van der Waals surface area contributed by atoms with Crippen LogP contribution in [-0.2, 0) is 9.59 Å². The Morgan fingerprint density at radius 1 is 1.67 bits per heavy atom. The first-order valence-electron chi connectivity index (χ1n) is 4.78. The SMILES string of the molecule is C[C@@H](O)[C@@H](CO)N1CC(C(=O)O)CC1=O. The van der Waals surface area contributed by atoms with Gasteiger partial charge >= 0.3 is 5.97 Å². The maximum absolute atomic E-state index is 11.4. The van der Waals surface area contributed by atoms with Crippen molar-refractivity contribution in [3.63, 3.8) is 0 Å². The Balaban J connectivity index is 2.71. The fourth-order valence-electron chi connectivity index (χ4n) is 1.73. The molecule has 1 amide bonds. The second-order valence-corrected chi connectivity index (χ2v) is 3.78. The van der Waals surface area contributed by atoms with Crippen molar-refractivity contribution in [2.24, 2.45) is 5.92 Å². The van der Waals surface area contributed by atoms with Gasteiger partial charge in [0.25, 0.3) is 0 Å². The molecular formula is C9H15NO5. The number of likely N-dealkylation sites (tertiary alicyclic amines) is 1. The first kappa shape index (κ1) is 11.9. The Labute approximate surface area is 87.1 Å². The third kappa shape index (κ3) is 2.45. The molecule has 1 unspecified atom stereocenters. The van der Waals surface area contributed by atoms with Crippen LogP contribution in [0.5, 0.6) is 0 Å². The fourth-order valence-corrected chi connectivity index (χ4v) is 1.73. The highest BCUT2D eigenvalue weighted by molar-refractivity contribution is 5.86. The molecule has 0 aromatic carbocycles. The zero-order chi connectivity index (χ0) is 11.6. The van der Waals surface area contributed by atoms with Gasteiger partial charge in [-0.05, 0) is 6.92 Å². The Hall–Kier alpha value is -1.14. The summed E-state index contributed by atoms with van der Waals surface area (Å²) in [5.74, 6) is -2.08. The van der Waals surface area contributed by atoms with Crippen LogP contribution in [0.2, 0.25) is 0 Å². The summed E-state index contributed by atoms with van der Waals surface area (Å²) in [7, 11) is 0. The molecule has 6 nitrogen and oxygen atoms in total. The lowest BCUT2D eigenvalue weighted by Crippen LogP contribution is -2.46. The molecule has 3 atom stereocenters. The average Bonchev–Trinajstić information content (AvgIpc) is 2.49. The number of carbonyl (C=O) groups excluding carboxylic acids is 1. The number of carbonyl (C=O) groups is 2. The molecule has 3 N–H and O–H groups in total. The van der Waals surface area contributed by atoms with E-state index in [9.17, 15) is 14.7 Å². The number of nitrogens with zero attached hydrogens (tertiary/aromatic N) is 1. The second-order valence-electron chi connectivity index (χ2n) is 3.78. The first-order valence-corrected chi connectivity index (χ1v) is 4.78. The van der Waals surface area contributed by atoms with E-state index in [4.69, 9.17) is 10.2 Å². The lowest BCUT2D eigenvalue weighted by atomic mass is 10.1. The summed E-state index contributed by atoms with van der Waals surface area (Å²) in [6.07, 6.45) is -0.926. The van der Waals surface area contributed by atoms with E-state index in [0.717, 1.165) is 0 Å². The number of aliphatic carboxylic acids is 1. The molecule has 0 bridgehead atoms. The Morgan fingerprint density at radius 2 is 2.27 bits per heavy atom. The Bertz CT molecular complexity index is 265. The van der Waals surface area contributed by atoms with Crippen LogP contribution in [0.25, 0.3) is 0 Å². The lowest BCUT2D eigenvalue weighted by Gasteiger charge is -2.28. The summed E-state index contributed by atoms with van der Waals surface area (Å²) in [5, 5.41) is 27.1. The van der Waals surface area contributed by atoms with Crippen molar-refractivity contribution < 1.29 is 24.9 Å². The van der Waals surface area contributed by atoms with Crippen LogP contribution in [0.1, 0.15) is 13.3 Å². The van der Waals surface area contributed by atoms with Gasteiger partial charge in [0.1, 0.15) is 0 Å². The summed E-state index contributed by atoms with van der Waals surface area (Å²) in [6, 6.07) is -0.707. The average molecular weight is 217 g/mol. The maximum Gasteiger partial charge on any atom is 0.308 e. The summed E-state index contributed by atoms with van der Waals surface area (Å²) in [4.78, 5) is 23.3. The quantitative estimate of drug-likeness (QED) is 0.541. The van der Waals surface area contributed by atoms with E-state index in [1.54, 1.807) is 0 Å². The van der Waals surface area contributed by atoms with Gasteiger partial charge in [-0.1, -0.05) is 0 Å². The number of amides is 1. The van der Waals surface area contributed by atoms with E-state index in [0.29, 0.717) is 0 Å². The maximum atomic E-state index is 11.4. The minimum absolute atomic E-state index is 0.0570. The van der Waals surface area contributed by atoms with Crippen molar-refractivity contribution in [1.29, 1.82) is 0 Å². The van der Waals surface area contributed by atoms with E-state index >= 15 is 0 Å². The third-order valence-corrected chi connectivity index (χ3v) is 2.65. The predicted molar refractivity (Wildman–Crippen MR) is 50.0 cm³/mol. The van der Waals surface area contributed by atoms with Crippen molar-refractivity contribution in [2.75, 3.05) is 13.2 Å². The highest BCUT2D eigenvalue weighted by Gasteiger charge is 2.39. The number of aliphatic hydroxyl groups is 2. The van der Waals surface area contributed by atoms with Crippen LogP contribution >= 0.6 is 0 Å². The van der Waals surface area contributed by atoms with Gasteiger partial charge in [0.2, 0.25) is 5.91 Å². The monoisotopic (exact) mass is 217 g/mol. The normalized spacial score (nSPS) is 25.4. The van der Waals surface area contributed by atoms with Gasteiger partial charge in [-0.15, -0.1) is 0 Å². The molecule has 1 rings (SSSR count). The number of hydrogen-bond acceptors (Lipinski definition) is 4. The van der Waals surface area contributed by atoms with E-state index < -0.39 is 24.0 Å². The summed E-state index contributed by atoms with van der Waals surface area (Å²) < 4.78 is 0. The van der Waals surface area contributed by atoms with Gasteiger partial charge in [0.05, 0.1) is 24.7 Å². The molecule has 1 aliphatic heterocycles. The lowest BCUT2D eigenvalue weighted by molar-refractivity contribution is -0.141. The molecule has 6 heteroatoms. The third-order valence-electron chi connectivity index (χ3n) is 2.65. The first-order chi connectivity index (χ1) is 6.97. The van der Waals surface area contributed by atoms with Gasteiger partial charge in [0, 0.05) is 13.0 Å². The van der Waals surface area contributed by atoms with Crippen LogP contribution in [0.15, 0.2) is 0 Å². The van der Waals surface area contributed by atoms with Gasteiger partial charge in [-0.25, -0.2) is 0 Å². The minimum Gasteiger partial charge on any atom is -0.481 e. The highest BCUT2D eigenvalue weighted by atomic mass is 16.4. The predicted octanol–water partition coefficient (Wildman–Crippen LogP) is -1.34. The van der Waals surface area contributed by atoms with Crippen LogP contribution < -0.4 is 0 Å². The summed E-state index contributed by atoms with van der Waals surface area (Å²) in [6.45, 7) is 1.16. The van der Waals surface area contributed by atoms with E-state index in [1.807, 2.05) is 0 Å². The van der Waals surface area contributed by atoms with E-state index in [1.165, 1.54) is 11.8 Å². The largest absolute Gasteiger partial charge is 0.481 e. The molecule has 15 heavy (non-hydrogen) atoms.